The molecule has 0 spiro atoms. The van der Waals surface area contributed by atoms with Crippen molar-refractivity contribution < 1.29 is 17.9 Å². The molecular formula is C17H20N2O4S. The van der Waals surface area contributed by atoms with Crippen molar-refractivity contribution >= 4 is 21.6 Å². The lowest BCUT2D eigenvalue weighted by molar-refractivity contribution is -0.119. The molecule has 0 heterocycles. The van der Waals surface area contributed by atoms with Crippen molar-refractivity contribution in [2.24, 2.45) is 5.73 Å². The molecule has 0 atom stereocenters. The van der Waals surface area contributed by atoms with E-state index in [4.69, 9.17) is 10.5 Å². The van der Waals surface area contributed by atoms with E-state index in [9.17, 15) is 13.2 Å². The summed E-state index contributed by atoms with van der Waals surface area (Å²) in [6.07, 6.45) is 0. The van der Waals surface area contributed by atoms with E-state index < -0.39 is 15.9 Å². The van der Waals surface area contributed by atoms with Crippen LogP contribution in [0.3, 0.4) is 0 Å². The number of nitrogens with one attached hydrogen (secondary N) is 1. The number of carbonyl (C=O) groups is 1. The van der Waals surface area contributed by atoms with Gasteiger partial charge < -0.3 is 10.5 Å². The zero-order valence-corrected chi connectivity index (χ0v) is 14.3. The molecule has 0 fully saturated rings. The van der Waals surface area contributed by atoms with Crippen LogP contribution in [0.1, 0.15) is 25.3 Å². The van der Waals surface area contributed by atoms with E-state index in [2.05, 4.69) is 18.6 Å². The highest BCUT2D eigenvalue weighted by Crippen LogP contribution is 2.21. The first-order chi connectivity index (χ1) is 11.3. The number of hydrogen-bond acceptors (Lipinski definition) is 4. The third kappa shape index (κ3) is 4.73. The maximum atomic E-state index is 12.4. The van der Waals surface area contributed by atoms with Gasteiger partial charge in [-0.25, -0.2) is 8.42 Å². The molecule has 128 valence electrons. The van der Waals surface area contributed by atoms with E-state index in [1.165, 1.54) is 24.3 Å². The Balaban J connectivity index is 2.10. The summed E-state index contributed by atoms with van der Waals surface area (Å²) < 4.78 is 32.4. The van der Waals surface area contributed by atoms with Crippen LogP contribution in [-0.4, -0.2) is 20.9 Å². The van der Waals surface area contributed by atoms with Crippen LogP contribution in [0.5, 0.6) is 5.75 Å². The summed E-state index contributed by atoms with van der Waals surface area (Å²) >= 11 is 0. The van der Waals surface area contributed by atoms with Crippen LogP contribution in [0.15, 0.2) is 53.4 Å². The zero-order chi connectivity index (χ0) is 17.7. The van der Waals surface area contributed by atoms with Crippen molar-refractivity contribution in [1.82, 2.24) is 0 Å². The first-order valence-electron chi connectivity index (χ1n) is 7.42. The summed E-state index contributed by atoms with van der Waals surface area (Å²) in [5.41, 5.74) is 6.61. The second kappa shape index (κ2) is 7.35. The molecule has 7 heteroatoms. The Hall–Kier alpha value is -2.54. The van der Waals surface area contributed by atoms with Gasteiger partial charge in [0.2, 0.25) is 0 Å². The Morgan fingerprint density at radius 1 is 1.08 bits per heavy atom. The van der Waals surface area contributed by atoms with Crippen molar-refractivity contribution in [3.63, 3.8) is 0 Å². The maximum Gasteiger partial charge on any atom is 0.261 e. The molecule has 2 aromatic carbocycles. The number of primary amides is 1. The molecule has 2 rings (SSSR count). The van der Waals surface area contributed by atoms with Crippen molar-refractivity contribution in [3.8, 4) is 5.75 Å². The number of carbonyl (C=O) groups excluding carboxylic acids is 1. The van der Waals surface area contributed by atoms with Crippen LogP contribution in [0.2, 0.25) is 0 Å². The quantitative estimate of drug-likeness (QED) is 0.803. The molecule has 6 nitrogen and oxygen atoms in total. The zero-order valence-electron chi connectivity index (χ0n) is 13.5. The van der Waals surface area contributed by atoms with Gasteiger partial charge in [0.1, 0.15) is 5.75 Å². The molecule has 2 aromatic rings. The van der Waals surface area contributed by atoms with E-state index in [1.807, 2.05) is 12.1 Å². The number of nitrogens with two attached hydrogens (primary N) is 1. The summed E-state index contributed by atoms with van der Waals surface area (Å²) in [5.74, 6) is 0.149. The molecule has 0 saturated carbocycles. The lowest BCUT2D eigenvalue weighted by Gasteiger charge is -2.11. The topological polar surface area (TPSA) is 98.5 Å². The van der Waals surface area contributed by atoms with E-state index in [-0.39, 0.29) is 11.5 Å². The molecule has 0 saturated heterocycles. The number of sulfonamides is 1. The highest BCUT2D eigenvalue weighted by atomic mass is 32.2. The van der Waals surface area contributed by atoms with E-state index in [1.54, 1.807) is 12.1 Å². The first-order valence-corrected chi connectivity index (χ1v) is 8.90. The van der Waals surface area contributed by atoms with Crippen molar-refractivity contribution in [3.05, 3.63) is 54.1 Å². The van der Waals surface area contributed by atoms with Crippen LogP contribution < -0.4 is 15.2 Å². The molecular weight excluding hydrogens is 328 g/mol. The van der Waals surface area contributed by atoms with Gasteiger partial charge >= 0.3 is 0 Å². The fourth-order valence-electron chi connectivity index (χ4n) is 2.02. The third-order valence-electron chi connectivity index (χ3n) is 3.34. The summed E-state index contributed by atoms with van der Waals surface area (Å²) in [5, 5.41) is 0. The number of ether oxygens (including phenoxy) is 1. The van der Waals surface area contributed by atoms with Crippen molar-refractivity contribution in [1.29, 1.82) is 0 Å². The highest BCUT2D eigenvalue weighted by molar-refractivity contribution is 7.92. The third-order valence-corrected chi connectivity index (χ3v) is 4.74. The lowest BCUT2D eigenvalue weighted by atomic mass is 10.0. The van der Waals surface area contributed by atoms with Gasteiger partial charge in [0, 0.05) is 5.69 Å². The normalized spacial score (nSPS) is 11.3. The predicted molar refractivity (Wildman–Crippen MR) is 92.5 cm³/mol. The summed E-state index contributed by atoms with van der Waals surface area (Å²) in [7, 11) is -3.69. The lowest BCUT2D eigenvalue weighted by Crippen LogP contribution is -2.20. The van der Waals surface area contributed by atoms with E-state index in [0.717, 1.165) is 5.56 Å². The minimum absolute atomic E-state index is 0.0989. The molecule has 0 aliphatic heterocycles. The van der Waals surface area contributed by atoms with Crippen LogP contribution >= 0.6 is 0 Å². The van der Waals surface area contributed by atoms with Gasteiger partial charge in [-0.15, -0.1) is 0 Å². The van der Waals surface area contributed by atoms with E-state index >= 15 is 0 Å². The molecule has 24 heavy (non-hydrogen) atoms. The smallest absolute Gasteiger partial charge is 0.261 e. The van der Waals surface area contributed by atoms with Gasteiger partial charge in [0.25, 0.3) is 15.9 Å². The minimum Gasteiger partial charge on any atom is -0.484 e. The molecule has 0 bridgehead atoms. The number of hydrogen-bond donors (Lipinski definition) is 2. The standard InChI is InChI=1S/C17H20N2O4S/c1-12(2)13-3-5-14(6-4-13)19-24(21,22)16-9-7-15(8-10-16)23-11-17(18)20/h3-10,12,19H,11H2,1-2H3,(H2,18,20). The summed E-state index contributed by atoms with van der Waals surface area (Å²) in [6.45, 7) is 3.88. The number of benzene rings is 2. The highest BCUT2D eigenvalue weighted by Gasteiger charge is 2.14. The Kier molecular flexibility index (Phi) is 5.46. The minimum atomic E-state index is -3.69. The molecule has 1 amide bonds. The Labute approximate surface area is 141 Å². The average molecular weight is 348 g/mol. The molecule has 0 aliphatic carbocycles. The number of anilines is 1. The SMILES string of the molecule is CC(C)c1ccc(NS(=O)(=O)c2ccc(OCC(N)=O)cc2)cc1. The largest absolute Gasteiger partial charge is 0.484 e. The second-order valence-corrected chi connectivity index (χ2v) is 7.29. The average Bonchev–Trinajstić information content (AvgIpc) is 2.53. The van der Waals surface area contributed by atoms with Crippen LogP contribution in [0.4, 0.5) is 5.69 Å². The fraction of sp³-hybridized carbons (Fsp3) is 0.235. The Bertz CT molecular complexity index is 797. The maximum absolute atomic E-state index is 12.4. The molecule has 3 N–H and O–H groups in total. The molecule has 0 radical (unpaired) electrons. The summed E-state index contributed by atoms with van der Waals surface area (Å²) in [4.78, 5) is 10.8. The predicted octanol–water partition coefficient (Wildman–Crippen LogP) is 2.47. The van der Waals surface area contributed by atoms with Gasteiger partial charge in [0.05, 0.1) is 4.90 Å². The first kappa shape index (κ1) is 17.8. The van der Waals surface area contributed by atoms with Crippen molar-refractivity contribution in [2.75, 3.05) is 11.3 Å². The Morgan fingerprint density at radius 2 is 1.67 bits per heavy atom. The van der Waals surface area contributed by atoms with Gasteiger partial charge in [-0.05, 0) is 47.9 Å². The summed E-state index contributed by atoms with van der Waals surface area (Å²) in [6, 6.07) is 13.0. The second-order valence-electron chi connectivity index (χ2n) is 5.61. The van der Waals surface area contributed by atoms with Gasteiger partial charge in [-0.1, -0.05) is 26.0 Å². The molecule has 0 aliphatic rings. The van der Waals surface area contributed by atoms with E-state index in [0.29, 0.717) is 17.4 Å². The van der Waals surface area contributed by atoms with Gasteiger partial charge in [0.15, 0.2) is 6.61 Å². The van der Waals surface area contributed by atoms with Gasteiger partial charge in [-0.2, -0.15) is 0 Å². The molecule has 0 aromatic heterocycles. The number of amides is 1. The number of rotatable bonds is 7. The van der Waals surface area contributed by atoms with Crippen LogP contribution in [0.25, 0.3) is 0 Å². The monoisotopic (exact) mass is 348 g/mol. The fourth-order valence-corrected chi connectivity index (χ4v) is 3.08. The van der Waals surface area contributed by atoms with Crippen LogP contribution in [-0.2, 0) is 14.8 Å². The molecule has 0 unspecified atom stereocenters. The van der Waals surface area contributed by atoms with Crippen molar-refractivity contribution in [2.45, 2.75) is 24.7 Å². The Morgan fingerprint density at radius 3 is 2.17 bits per heavy atom. The van der Waals surface area contributed by atoms with Crippen LogP contribution in [0, 0.1) is 0 Å². The van der Waals surface area contributed by atoms with Gasteiger partial charge in [-0.3, -0.25) is 9.52 Å².